The lowest BCUT2D eigenvalue weighted by molar-refractivity contribution is -0.136. The zero-order valence-corrected chi connectivity index (χ0v) is 40.1. The maximum Gasteiger partial charge on any atom is 0.407 e. The molecule has 0 radical (unpaired) electrons. The second kappa shape index (κ2) is 19.9. The van der Waals surface area contributed by atoms with Gasteiger partial charge in [-0.2, -0.15) is 0 Å². The van der Waals surface area contributed by atoms with Crippen LogP contribution in [0.5, 0.6) is 0 Å². The van der Waals surface area contributed by atoms with Crippen molar-refractivity contribution in [2.75, 3.05) is 33.9 Å². The number of rotatable bonds is 14. The third-order valence-corrected chi connectivity index (χ3v) is 14.5. The highest BCUT2D eigenvalue weighted by Crippen LogP contribution is 2.58. The first-order chi connectivity index (χ1) is 32.1. The first-order valence-electron chi connectivity index (χ1n) is 24.0. The van der Waals surface area contributed by atoms with E-state index in [1.54, 1.807) is 6.21 Å². The van der Waals surface area contributed by atoms with E-state index in [4.69, 9.17) is 19.9 Å². The van der Waals surface area contributed by atoms with Crippen LogP contribution in [-0.2, 0) is 19.1 Å². The predicted molar refractivity (Wildman–Crippen MR) is 260 cm³/mol. The number of nitrogens with zero attached hydrogens (tertiary/aromatic N) is 4. The largest absolute Gasteiger partial charge is 0.453 e. The highest BCUT2D eigenvalue weighted by Gasteiger charge is 2.42. The molecular formula is C53H66N8O6. The van der Waals surface area contributed by atoms with Crippen molar-refractivity contribution in [3.8, 4) is 33.5 Å². The van der Waals surface area contributed by atoms with Crippen LogP contribution in [0.3, 0.4) is 0 Å². The maximum absolute atomic E-state index is 13.8. The number of aromatic nitrogens is 2. The number of H-pyrrole nitrogens is 1. The van der Waals surface area contributed by atoms with Crippen LogP contribution in [-0.4, -0.2) is 108 Å². The summed E-state index contributed by atoms with van der Waals surface area (Å²) in [4.78, 5) is 68.1. The van der Waals surface area contributed by atoms with Crippen LogP contribution in [0.1, 0.15) is 114 Å². The normalized spacial score (nSPS) is 22.9. The molecule has 8 unspecified atom stereocenters. The Morgan fingerprint density at radius 3 is 1.81 bits per heavy atom. The Kier molecular flexibility index (Phi) is 14.0. The molecule has 14 nitrogen and oxygen atoms in total. The average molecular weight is 911 g/mol. The van der Waals surface area contributed by atoms with E-state index in [9.17, 15) is 19.2 Å². The first-order valence-corrected chi connectivity index (χ1v) is 24.0. The standard InChI is InChI=1S/C53H66N8O6/c1-29(2)47(58-52(64)66-7)50(62)60-27-31(5)21-39(60)24-55-25-42(54)35-13-9-33(10-14-35)40-19-20-41(46-38-18-17-37(23-38)45(40)46)34-11-15-36(16-12-34)43-26-56-49(57-43)44-22-32(6)28-61(44)51(63)48(30(3)4)59-53(65)67-8/h9-16,19-20,25-26,29-32,37-39,44,47-48,54H,17-18,21-24,27-28H2,1-8H3,(H,56,57)(H,58,64)(H,59,65). The molecule has 3 aromatic carbocycles. The van der Waals surface area contributed by atoms with E-state index in [2.05, 4.69) is 83.0 Å². The van der Waals surface area contributed by atoms with Gasteiger partial charge in [0.15, 0.2) is 0 Å². The molecule has 8 atom stereocenters. The molecule has 0 spiro atoms. The van der Waals surface area contributed by atoms with Gasteiger partial charge in [0.05, 0.1) is 50.5 Å². The molecule has 2 saturated heterocycles. The number of alkyl carbamates (subject to hydrolysis) is 2. The second-order valence-corrected chi connectivity index (χ2v) is 20.0. The van der Waals surface area contributed by atoms with Crippen molar-refractivity contribution in [1.29, 1.82) is 5.41 Å². The van der Waals surface area contributed by atoms with E-state index < -0.39 is 24.3 Å². The van der Waals surface area contributed by atoms with Crippen LogP contribution < -0.4 is 10.6 Å². The number of methoxy groups -OCH3 is 2. The van der Waals surface area contributed by atoms with Crippen molar-refractivity contribution in [2.45, 2.75) is 110 Å². The number of aromatic amines is 1. The number of benzene rings is 3. The number of hydrogen-bond donors (Lipinski definition) is 4. The van der Waals surface area contributed by atoms with Gasteiger partial charge in [0.2, 0.25) is 11.8 Å². The molecule has 14 heteroatoms. The summed E-state index contributed by atoms with van der Waals surface area (Å²) in [5, 5.41) is 14.3. The molecule has 1 aromatic heterocycles. The molecule has 2 aliphatic heterocycles. The average Bonchev–Trinajstić information content (AvgIpc) is 4.19. The van der Waals surface area contributed by atoms with Gasteiger partial charge in [-0.05, 0) is 107 Å². The van der Waals surface area contributed by atoms with Crippen LogP contribution in [0.15, 0.2) is 71.9 Å². The molecule has 4 aromatic rings. The van der Waals surface area contributed by atoms with E-state index >= 15 is 0 Å². The summed E-state index contributed by atoms with van der Waals surface area (Å²) in [5.74, 6) is 1.89. The summed E-state index contributed by atoms with van der Waals surface area (Å²) >= 11 is 0. The number of hydrogen-bond acceptors (Lipinski definition) is 9. The molecule has 354 valence electrons. The maximum atomic E-state index is 13.8. The zero-order valence-electron chi connectivity index (χ0n) is 40.1. The van der Waals surface area contributed by atoms with Crippen LogP contribution >= 0.6 is 0 Å². The van der Waals surface area contributed by atoms with Crippen molar-refractivity contribution in [3.63, 3.8) is 0 Å². The van der Waals surface area contributed by atoms with E-state index in [1.165, 1.54) is 61.3 Å². The number of imidazole rings is 1. The predicted octanol–water partition coefficient (Wildman–Crippen LogP) is 9.12. The minimum absolute atomic E-state index is 0.107. The molecule has 4 amide bonds. The summed E-state index contributed by atoms with van der Waals surface area (Å²) in [7, 11) is 2.59. The zero-order chi connectivity index (χ0) is 47.7. The Balaban J connectivity index is 0.950. The number of nitrogens with one attached hydrogen (secondary N) is 4. The van der Waals surface area contributed by atoms with Crippen molar-refractivity contribution in [3.05, 3.63) is 89.4 Å². The number of carbonyl (C=O) groups excluding carboxylic acids is 4. The van der Waals surface area contributed by atoms with Crippen molar-refractivity contribution >= 4 is 35.9 Å². The summed E-state index contributed by atoms with van der Waals surface area (Å²) in [6.45, 7) is 13.5. The summed E-state index contributed by atoms with van der Waals surface area (Å²) in [6, 6.07) is 19.8. The molecule has 3 fully saturated rings. The quantitative estimate of drug-likeness (QED) is 0.0910. The van der Waals surface area contributed by atoms with Gasteiger partial charge >= 0.3 is 12.2 Å². The number of likely N-dealkylation sites (tertiary alicyclic amines) is 2. The van der Waals surface area contributed by atoms with E-state index in [0.717, 1.165) is 41.1 Å². The Morgan fingerprint density at radius 1 is 0.746 bits per heavy atom. The van der Waals surface area contributed by atoms with Crippen LogP contribution in [0.4, 0.5) is 9.59 Å². The van der Waals surface area contributed by atoms with Gasteiger partial charge in [-0.25, -0.2) is 14.6 Å². The Bertz CT molecular complexity index is 2510. The van der Waals surface area contributed by atoms with Gasteiger partial charge in [0.1, 0.15) is 17.9 Å². The fraction of sp³-hybridized carbons (Fsp3) is 0.491. The smallest absolute Gasteiger partial charge is 0.407 e. The van der Waals surface area contributed by atoms with Crippen molar-refractivity contribution in [2.24, 2.45) is 28.7 Å². The van der Waals surface area contributed by atoms with Gasteiger partial charge < -0.3 is 34.9 Å². The summed E-state index contributed by atoms with van der Waals surface area (Å²) in [6.07, 6.45) is 7.34. The fourth-order valence-electron chi connectivity index (χ4n) is 11.1. The number of carbonyl (C=O) groups is 4. The summed E-state index contributed by atoms with van der Waals surface area (Å²) in [5.41, 5.74) is 10.8. The molecule has 1 saturated carbocycles. The van der Waals surface area contributed by atoms with E-state index in [-0.39, 0.29) is 41.7 Å². The number of fused-ring (bicyclic) bond motifs is 5. The van der Waals surface area contributed by atoms with Crippen molar-refractivity contribution < 1.29 is 28.7 Å². The van der Waals surface area contributed by atoms with E-state index in [0.29, 0.717) is 43.1 Å². The topological polar surface area (TPSA) is 182 Å². The fourth-order valence-corrected chi connectivity index (χ4v) is 11.1. The monoisotopic (exact) mass is 911 g/mol. The molecule has 4 N–H and O–H groups in total. The Hall–Kier alpha value is -6.31. The number of ether oxygens (including phenoxy) is 2. The van der Waals surface area contributed by atoms with Gasteiger partial charge in [0, 0.05) is 24.9 Å². The van der Waals surface area contributed by atoms with Crippen LogP contribution in [0.25, 0.3) is 33.5 Å². The Morgan fingerprint density at radius 2 is 1.25 bits per heavy atom. The molecule has 2 aliphatic carbocycles. The third-order valence-electron chi connectivity index (χ3n) is 14.5. The SMILES string of the molecule is COC(=O)NC(C(=O)N1CC(C)CC1CN=CC(=N)c1ccc(-c2ccc(-c3ccc(-c4cnc(C5CC(C)CN5C(=O)C(NC(=O)OC)C(C)C)[nH]4)cc3)c3c2C2CCC3C2)cc1)C(C)C. The summed E-state index contributed by atoms with van der Waals surface area (Å²) < 4.78 is 9.59. The molecule has 3 heterocycles. The molecule has 4 aliphatic rings. The highest BCUT2D eigenvalue weighted by atomic mass is 16.5. The first kappa shape index (κ1) is 47.2. The third kappa shape index (κ3) is 9.76. The van der Waals surface area contributed by atoms with Crippen LogP contribution in [0, 0.1) is 29.1 Å². The molecule has 67 heavy (non-hydrogen) atoms. The van der Waals surface area contributed by atoms with Crippen LogP contribution in [0.2, 0.25) is 0 Å². The Labute approximate surface area is 394 Å². The minimum Gasteiger partial charge on any atom is -0.453 e. The minimum atomic E-state index is -0.699. The number of amides is 4. The van der Waals surface area contributed by atoms with Gasteiger partial charge in [-0.3, -0.25) is 20.0 Å². The molecule has 2 bridgehead atoms. The lowest BCUT2D eigenvalue weighted by atomic mass is 9.81. The van der Waals surface area contributed by atoms with Gasteiger partial charge in [-0.1, -0.05) is 102 Å². The molecular weight excluding hydrogens is 845 g/mol. The molecule has 8 rings (SSSR count). The highest BCUT2D eigenvalue weighted by molar-refractivity contribution is 6.36. The number of aliphatic imine (C=N–C) groups is 1. The second-order valence-electron chi connectivity index (χ2n) is 20.0. The lowest BCUT2D eigenvalue weighted by Crippen LogP contribution is -2.53. The van der Waals surface area contributed by atoms with Crippen molar-refractivity contribution in [1.82, 2.24) is 30.4 Å². The van der Waals surface area contributed by atoms with E-state index in [1.807, 2.05) is 55.8 Å². The van der Waals surface area contributed by atoms with Gasteiger partial charge in [0.25, 0.3) is 0 Å². The lowest BCUT2D eigenvalue weighted by Gasteiger charge is -2.30. The van der Waals surface area contributed by atoms with Gasteiger partial charge in [-0.15, -0.1) is 0 Å².